The van der Waals surface area contributed by atoms with Crippen molar-refractivity contribution in [2.45, 2.75) is 23.1 Å². The minimum absolute atomic E-state index is 0.0666. The molecule has 2 N–H and O–H groups in total. The van der Waals surface area contributed by atoms with Crippen LogP contribution in [-0.2, 0) is 10.0 Å². The molecule has 0 heterocycles. The quantitative estimate of drug-likeness (QED) is 0.832. The molecule has 0 fully saturated rings. The van der Waals surface area contributed by atoms with Crippen LogP contribution in [0.15, 0.2) is 23.1 Å². The summed E-state index contributed by atoms with van der Waals surface area (Å²) in [5.74, 6) is 0. The summed E-state index contributed by atoms with van der Waals surface area (Å²) in [4.78, 5) is -0.136. The van der Waals surface area contributed by atoms with Crippen molar-refractivity contribution in [1.29, 1.82) is 0 Å². The Morgan fingerprint density at radius 2 is 1.89 bits per heavy atom. The molecule has 4 nitrogen and oxygen atoms in total. The van der Waals surface area contributed by atoms with Gasteiger partial charge in [-0.2, -0.15) is 11.8 Å². The van der Waals surface area contributed by atoms with Gasteiger partial charge >= 0.3 is 0 Å². The minimum atomic E-state index is -3.82. The third kappa shape index (κ3) is 4.24. The molecule has 1 aromatic rings. The van der Waals surface area contributed by atoms with Gasteiger partial charge < -0.3 is 5.11 Å². The van der Waals surface area contributed by atoms with Crippen molar-refractivity contribution in [3.8, 4) is 0 Å². The predicted molar refractivity (Wildman–Crippen MR) is 80.6 cm³/mol. The van der Waals surface area contributed by atoms with E-state index in [1.54, 1.807) is 19.2 Å². The molecule has 0 saturated carbocycles. The summed E-state index contributed by atoms with van der Waals surface area (Å²) >= 11 is 13.2. The van der Waals surface area contributed by atoms with Crippen molar-refractivity contribution in [2.75, 3.05) is 12.9 Å². The number of rotatable bonds is 6. The molecule has 19 heavy (non-hydrogen) atoms. The molecule has 2 unspecified atom stereocenters. The molecule has 0 aliphatic heterocycles. The molecule has 0 radical (unpaired) electrons. The Labute approximate surface area is 127 Å². The third-order valence-electron chi connectivity index (χ3n) is 2.57. The molecular formula is C11H15Cl2NO3S2. The maximum Gasteiger partial charge on any atom is 0.243 e. The molecule has 1 rings (SSSR count). The SMILES string of the molecule is CSC(CO)C(C)NS(=O)(=O)c1c(Cl)cccc1Cl. The highest BCUT2D eigenvalue weighted by Crippen LogP contribution is 2.29. The fourth-order valence-electron chi connectivity index (χ4n) is 1.56. The lowest BCUT2D eigenvalue weighted by Crippen LogP contribution is -2.41. The number of halogens is 2. The monoisotopic (exact) mass is 343 g/mol. The summed E-state index contributed by atoms with van der Waals surface area (Å²) in [6.45, 7) is 1.56. The van der Waals surface area contributed by atoms with Crippen LogP contribution in [0.4, 0.5) is 0 Å². The second-order valence-electron chi connectivity index (χ2n) is 3.92. The van der Waals surface area contributed by atoms with Crippen molar-refractivity contribution >= 4 is 45.0 Å². The first-order chi connectivity index (χ1) is 8.83. The largest absolute Gasteiger partial charge is 0.395 e. The third-order valence-corrected chi connectivity index (χ3v) is 6.25. The van der Waals surface area contributed by atoms with Gasteiger partial charge in [-0.25, -0.2) is 13.1 Å². The second-order valence-corrected chi connectivity index (χ2v) is 7.46. The first kappa shape index (κ1) is 17.1. The minimum Gasteiger partial charge on any atom is -0.395 e. The second kappa shape index (κ2) is 7.15. The van der Waals surface area contributed by atoms with Crippen LogP contribution in [0.1, 0.15) is 6.92 Å². The van der Waals surface area contributed by atoms with Crippen LogP contribution in [0.25, 0.3) is 0 Å². The smallest absolute Gasteiger partial charge is 0.243 e. The van der Waals surface area contributed by atoms with E-state index in [0.29, 0.717) is 0 Å². The average molecular weight is 344 g/mol. The summed E-state index contributed by atoms with van der Waals surface area (Å²) in [5, 5.41) is 9.06. The van der Waals surface area contributed by atoms with Gasteiger partial charge in [0.05, 0.1) is 16.7 Å². The number of sulfonamides is 1. The van der Waals surface area contributed by atoms with Crippen LogP contribution >= 0.6 is 35.0 Å². The van der Waals surface area contributed by atoms with Crippen molar-refractivity contribution in [3.63, 3.8) is 0 Å². The Morgan fingerprint density at radius 3 is 2.32 bits per heavy atom. The van der Waals surface area contributed by atoms with E-state index in [9.17, 15) is 8.42 Å². The van der Waals surface area contributed by atoms with Gasteiger partial charge in [0.25, 0.3) is 0 Å². The van der Waals surface area contributed by atoms with Crippen LogP contribution in [-0.4, -0.2) is 37.7 Å². The molecule has 2 atom stereocenters. The zero-order valence-electron chi connectivity index (χ0n) is 10.4. The zero-order valence-corrected chi connectivity index (χ0v) is 13.6. The Kier molecular flexibility index (Phi) is 6.42. The highest BCUT2D eigenvalue weighted by atomic mass is 35.5. The lowest BCUT2D eigenvalue weighted by atomic mass is 10.3. The number of hydrogen-bond donors (Lipinski definition) is 2. The summed E-state index contributed by atoms with van der Waals surface area (Å²) in [7, 11) is -3.82. The Morgan fingerprint density at radius 1 is 1.37 bits per heavy atom. The van der Waals surface area contributed by atoms with Gasteiger partial charge in [0.2, 0.25) is 10.0 Å². The van der Waals surface area contributed by atoms with Gasteiger partial charge in [0.1, 0.15) is 4.90 Å². The van der Waals surface area contributed by atoms with Crippen molar-refractivity contribution < 1.29 is 13.5 Å². The summed E-state index contributed by atoms with van der Waals surface area (Å²) < 4.78 is 27.0. The maximum atomic E-state index is 12.2. The van der Waals surface area contributed by atoms with Gasteiger partial charge in [0.15, 0.2) is 0 Å². The number of benzene rings is 1. The van der Waals surface area contributed by atoms with Crippen molar-refractivity contribution in [3.05, 3.63) is 28.2 Å². The Hall–Kier alpha value is 0.0200. The molecule has 0 aliphatic rings. The molecule has 0 bridgehead atoms. The van der Waals surface area contributed by atoms with E-state index in [4.69, 9.17) is 28.3 Å². The van der Waals surface area contributed by atoms with E-state index < -0.39 is 16.1 Å². The highest BCUT2D eigenvalue weighted by Gasteiger charge is 2.26. The van der Waals surface area contributed by atoms with Crippen LogP contribution in [0, 0.1) is 0 Å². The maximum absolute atomic E-state index is 12.2. The lowest BCUT2D eigenvalue weighted by Gasteiger charge is -2.21. The van der Waals surface area contributed by atoms with E-state index in [1.165, 1.54) is 23.9 Å². The topological polar surface area (TPSA) is 66.4 Å². The molecule has 0 aromatic heterocycles. The van der Waals surface area contributed by atoms with Crippen LogP contribution in [0.3, 0.4) is 0 Å². The summed E-state index contributed by atoms with van der Waals surface area (Å²) in [6, 6.07) is 4.05. The standard InChI is InChI=1S/C11H15Cl2NO3S2/c1-7(10(6-15)18-2)14-19(16,17)11-8(12)4-3-5-9(11)13/h3-5,7,10,14-15H,6H2,1-2H3. The zero-order chi connectivity index (χ0) is 14.6. The first-order valence-corrected chi connectivity index (χ1v) is 8.96. The molecule has 0 aliphatic carbocycles. The van der Waals surface area contributed by atoms with E-state index in [1.807, 2.05) is 0 Å². The van der Waals surface area contributed by atoms with Gasteiger partial charge in [-0.05, 0) is 25.3 Å². The van der Waals surface area contributed by atoms with Gasteiger partial charge in [0, 0.05) is 11.3 Å². The van der Waals surface area contributed by atoms with E-state index in [0.717, 1.165) is 0 Å². The fourth-order valence-corrected chi connectivity index (χ4v) is 4.70. The number of thioether (sulfide) groups is 1. The van der Waals surface area contributed by atoms with Crippen LogP contribution < -0.4 is 4.72 Å². The van der Waals surface area contributed by atoms with Crippen LogP contribution in [0.5, 0.6) is 0 Å². The molecule has 0 spiro atoms. The summed E-state index contributed by atoms with van der Waals surface area (Å²) in [5.41, 5.74) is 0. The normalized spacial score (nSPS) is 15.2. The van der Waals surface area contributed by atoms with Gasteiger partial charge in [-0.3, -0.25) is 0 Å². The highest BCUT2D eigenvalue weighted by molar-refractivity contribution is 7.99. The fraction of sp³-hybridized carbons (Fsp3) is 0.455. The molecule has 8 heteroatoms. The molecular weight excluding hydrogens is 329 g/mol. The number of aliphatic hydroxyl groups is 1. The molecule has 0 saturated heterocycles. The van der Waals surface area contributed by atoms with E-state index >= 15 is 0 Å². The van der Waals surface area contributed by atoms with Crippen LogP contribution in [0.2, 0.25) is 10.0 Å². The number of aliphatic hydroxyl groups excluding tert-OH is 1. The van der Waals surface area contributed by atoms with Crippen molar-refractivity contribution in [1.82, 2.24) is 4.72 Å². The molecule has 108 valence electrons. The van der Waals surface area contributed by atoms with E-state index in [2.05, 4.69) is 4.72 Å². The van der Waals surface area contributed by atoms with Crippen molar-refractivity contribution in [2.24, 2.45) is 0 Å². The predicted octanol–water partition coefficient (Wildman–Crippen LogP) is 2.38. The number of nitrogens with one attached hydrogen (secondary N) is 1. The van der Waals surface area contributed by atoms with Gasteiger partial charge in [-0.15, -0.1) is 0 Å². The molecule has 0 amide bonds. The van der Waals surface area contributed by atoms with Gasteiger partial charge in [-0.1, -0.05) is 29.3 Å². The summed E-state index contributed by atoms with van der Waals surface area (Å²) in [6.07, 6.45) is 1.80. The van der Waals surface area contributed by atoms with E-state index in [-0.39, 0.29) is 26.8 Å². The Bertz CT molecular complexity index is 512. The first-order valence-electron chi connectivity index (χ1n) is 5.43. The number of hydrogen-bond acceptors (Lipinski definition) is 4. The average Bonchev–Trinajstić information content (AvgIpc) is 2.28. The molecule has 1 aromatic carbocycles. The Balaban J connectivity index is 3.06. The lowest BCUT2D eigenvalue weighted by molar-refractivity contribution is 0.282.